The van der Waals surface area contributed by atoms with Gasteiger partial charge in [0.25, 0.3) is 0 Å². The van der Waals surface area contributed by atoms with E-state index in [0.29, 0.717) is 10.9 Å². The standard InChI is InChI=1S/C14H16I2N2O2/c1-18(2,3)13(14(19)20)4-8-7-17-12-6-11(16)10(15)5-9(8)12/h5-7,13,17H,4H2,1-3H3/t13-/m1/s1. The molecule has 0 bridgehead atoms. The molecular formula is C14H16I2N2O2. The number of hydrogen-bond donors (Lipinski definition) is 1. The second kappa shape index (κ2) is 5.80. The molecule has 0 saturated heterocycles. The Morgan fingerprint density at radius 2 is 1.90 bits per heavy atom. The number of carbonyl (C=O) groups is 1. The van der Waals surface area contributed by atoms with E-state index >= 15 is 0 Å². The number of nitrogens with one attached hydrogen (secondary N) is 1. The Hall–Kier alpha value is -0.350. The van der Waals surface area contributed by atoms with Crippen LogP contribution in [0.25, 0.3) is 10.9 Å². The van der Waals surface area contributed by atoms with Crippen molar-refractivity contribution >= 4 is 62.1 Å². The number of aromatic amines is 1. The molecule has 4 nitrogen and oxygen atoms in total. The van der Waals surface area contributed by atoms with E-state index in [0.717, 1.165) is 16.5 Å². The summed E-state index contributed by atoms with van der Waals surface area (Å²) in [5.74, 6) is -1.01. The number of quaternary nitrogens is 1. The maximum absolute atomic E-state index is 11.4. The fourth-order valence-corrected chi connectivity index (χ4v) is 3.16. The van der Waals surface area contributed by atoms with Crippen molar-refractivity contribution in [3.63, 3.8) is 0 Å². The average molecular weight is 498 g/mol. The number of nitrogens with zero attached hydrogens (tertiary/aromatic N) is 1. The van der Waals surface area contributed by atoms with Gasteiger partial charge < -0.3 is 19.4 Å². The Balaban J connectivity index is 2.43. The normalized spacial score (nSPS) is 13.7. The minimum atomic E-state index is -1.01. The summed E-state index contributed by atoms with van der Waals surface area (Å²) in [4.78, 5) is 14.6. The van der Waals surface area contributed by atoms with E-state index in [1.165, 1.54) is 7.14 Å². The van der Waals surface area contributed by atoms with Crippen molar-refractivity contribution in [2.24, 2.45) is 0 Å². The summed E-state index contributed by atoms with van der Waals surface area (Å²) in [7, 11) is 5.63. The van der Waals surface area contributed by atoms with Crippen molar-refractivity contribution in [1.29, 1.82) is 0 Å². The first-order chi connectivity index (χ1) is 9.20. The van der Waals surface area contributed by atoms with Crippen LogP contribution in [0.3, 0.4) is 0 Å². The van der Waals surface area contributed by atoms with E-state index < -0.39 is 12.0 Å². The second-order valence-corrected chi connectivity index (χ2v) is 8.11. The fourth-order valence-electron chi connectivity index (χ4n) is 2.23. The summed E-state index contributed by atoms with van der Waals surface area (Å²) in [6.07, 6.45) is 2.37. The Bertz CT molecular complexity index is 659. The summed E-state index contributed by atoms with van der Waals surface area (Å²) < 4.78 is 2.70. The van der Waals surface area contributed by atoms with Crippen LogP contribution in [0.2, 0.25) is 0 Å². The Morgan fingerprint density at radius 3 is 2.45 bits per heavy atom. The third-order valence-corrected chi connectivity index (χ3v) is 6.25. The molecular weight excluding hydrogens is 482 g/mol. The highest BCUT2D eigenvalue weighted by Gasteiger charge is 2.26. The number of likely N-dealkylation sites (N-methyl/N-ethyl adjacent to an activating group) is 1. The van der Waals surface area contributed by atoms with Gasteiger partial charge in [-0.3, -0.25) is 0 Å². The van der Waals surface area contributed by atoms with Crippen molar-refractivity contribution in [2.45, 2.75) is 12.5 Å². The van der Waals surface area contributed by atoms with Crippen LogP contribution in [0, 0.1) is 7.14 Å². The number of rotatable bonds is 4. The van der Waals surface area contributed by atoms with Gasteiger partial charge in [0, 0.05) is 30.7 Å². The number of aromatic nitrogens is 1. The molecule has 0 aliphatic heterocycles. The third kappa shape index (κ3) is 3.28. The van der Waals surface area contributed by atoms with Crippen LogP contribution >= 0.6 is 45.2 Å². The molecule has 1 aromatic carbocycles. The topological polar surface area (TPSA) is 55.9 Å². The lowest BCUT2D eigenvalue weighted by atomic mass is 10.0. The summed E-state index contributed by atoms with van der Waals surface area (Å²) >= 11 is 4.59. The van der Waals surface area contributed by atoms with E-state index in [1.54, 1.807) is 0 Å². The summed E-state index contributed by atoms with van der Waals surface area (Å²) in [6.45, 7) is 0. The van der Waals surface area contributed by atoms with Gasteiger partial charge in [-0.1, -0.05) is 0 Å². The van der Waals surface area contributed by atoms with Crippen LogP contribution < -0.4 is 5.11 Å². The molecule has 2 aromatic rings. The average Bonchev–Trinajstić information content (AvgIpc) is 2.67. The van der Waals surface area contributed by atoms with Gasteiger partial charge in [0.05, 0.1) is 27.1 Å². The number of carboxylic acid groups (broad SMARTS) is 1. The monoisotopic (exact) mass is 498 g/mol. The first-order valence-corrected chi connectivity index (χ1v) is 8.33. The number of hydrogen-bond acceptors (Lipinski definition) is 2. The third-order valence-electron chi connectivity index (χ3n) is 3.43. The van der Waals surface area contributed by atoms with E-state index in [4.69, 9.17) is 0 Å². The molecule has 0 aliphatic rings. The fraction of sp³-hybridized carbons (Fsp3) is 0.357. The number of carbonyl (C=O) groups excluding carboxylic acids is 1. The molecule has 0 fully saturated rings. The van der Waals surface area contributed by atoms with Gasteiger partial charge >= 0.3 is 0 Å². The number of fused-ring (bicyclic) bond motifs is 1. The van der Waals surface area contributed by atoms with Gasteiger partial charge in [0.2, 0.25) is 0 Å². The van der Waals surface area contributed by atoms with Gasteiger partial charge in [-0.05, 0) is 62.9 Å². The summed E-state index contributed by atoms with van der Waals surface area (Å²) in [5, 5.41) is 12.5. The van der Waals surface area contributed by atoms with E-state index in [9.17, 15) is 9.90 Å². The molecule has 2 rings (SSSR count). The SMILES string of the molecule is C[N+](C)(C)[C@H](Cc1c[nH]c2cc(I)c(I)cc12)C(=O)[O-]. The largest absolute Gasteiger partial charge is 0.544 e. The molecule has 0 spiro atoms. The number of carboxylic acids is 1. The quantitative estimate of drug-likeness (QED) is 0.517. The molecule has 0 amide bonds. The van der Waals surface area contributed by atoms with E-state index in [1.807, 2.05) is 27.3 Å². The molecule has 108 valence electrons. The number of H-pyrrole nitrogens is 1. The lowest BCUT2D eigenvalue weighted by Crippen LogP contribution is -2.55. The van der Waals surface area contributed by atoms with Crippen LogP contribution in [-0.2, 0) is 11.2 Å². The van der Waals surface area contributed by atoms with Crippen molar-refractivity contribution in [3.05, 3.63) is 31.0 Å². The highest BCUT2D eigenvalue weighted by molar-refractivity contribution is 14.1. The maximum Gasteiger partial charge on any atom is 0.133 e. The number of benzene rings is 1. The van der Waals surface area contributed by atoms with Gasteiger partial charge in [-0.15, -0.1) is 0 Å². The van der Waals surface area contributed by atoms with Gasteiger partial charge in [0.15, 0.2) is 0 Å². The zero-order valence-electron chi connectivity index (χ0n) is 11.5. The van der Waals surface area contributed by atoms with Crippen LogP contribution in [-0.4, -0.2) is 42.6 Å². The summed E-state index contributed by atoms with van der Waals surface area (Å²) in [6, 6.07) is 3.62. The molecule has 1 atom stereocenters. The lowest BCUT2D eigenvalue weighted by Gasteiger charge is -2.34. The molecule has 0 unspecified atom stereocenters. The van der Waals surface area contributed by atoms with Crippen LogP contribution in [0.5, 0.6) is 0 Å². The van der Waals surface area contributed by atoms with Crippen molar-refractivity contribution in [2.75, 3.05) is 21.1 Å². The number of aliphatic carboxylic acids is 1. The van der Waals surface area contributed by atoms with Gasteiger partial charge in [0.1, 0.15) is 6.04 Å². The molecule has 0 aliphatic carbocycles. The molecule has 0 saturated carbocycles. The zero-order valence-corrected chi connectivity index (χ0v) is 15.9. The second-order valence-electron chi connectivity index (χ2n) is 5.78. The van der Waals surface area contributed by atoms with E-state index in [-0.39, 0.29) is 0 Å². The van der Waals surface area contributed by atoms with Gasteiger partial charge in [-0.2, -0.15) is 0 Å². The Labute approximate surface area is 145 Å². The Kier molecular flexibility index (Phi) is 4.65. The molecule has 0 radical (unpaired) electrons. The minimum absolute atomic E-state index is 0.344. The Morgan fingerprint density at radius 1 is 1.30 bits per heavy atom. The van der Waals surface area contributed by atoms with Gasteiger partial charge in [-0.25, -0.2) is 0 Å². The summed E-state index contributed by atoms with van der Waals surface area (Å²) in [5.41, 5.74) is 2.07. The predicted octanol–water partition coefficient (Wildman–Crippen LogP) is 1.74. The smallest absolute Gasteiger partial charge is 0.133 e. The zero-order chi connectivity index (χ0) is 15.1. The molecule has 1 N–H and O–H groups in total. The van der Waals surface area contributed by atoms with Crippen LogP contribution in [0.4, 0.5) is 0 Å². The highest BCUT2D eigenvalue weighted by atomic mass is 127. The minimum Gasteiger partial charge on any atom is -0.544 e. The molecule has 20 heavy (non-hydrogen) atoms. The predicted molar refractivity (Wildman–Crippen MR) is 94.3 cm³/mol. The van der Waals surface area contributed by atoms with E-state index in [2.05, 4.69) is 62.3 Å². The molecule has 1 heterocycles. The van der Waals surface area contributed by atoms with Crippen LogP contribution in [0.15, 0.2) is 18.3 Å². The molecule has 6 heteroatoms. The first kappa shape index (κ1) is 16.0. The van der Waals surface area contributed by atoms with Crippen molar-refractivity contribution in [3.8, 4) is 0 Å². The number of halogens is 2. The van der Waals surface area contributed by atoms with Crippen LogP contribution in [0.1, 0.15) is 5.56 Å². The van der Waals surface area contributed by atoms with Crippen molar-refractivity contribution < 1.29 is 14.4 Å². The first-order valence-electron chi connectivity index (χ1n) is 6.17. The maximum atomic E-state index is 11.4. The highest BCUT2D eigenvalue weighted by Crippen LogP contribution is 2.26. The lowest BCUT2D eigenvalue weighted by molar-refractivity contribution is -0.889. The molecule has 1 aromatic heterocycles. The van der Waals surface area contributed by atoms with Crippen molar-refractivity contribution in [1.82, 2.24) is 4.98 Å².